The van der Waals surface area contributed by atoms with Crippen molar-refractivity contribution in [3.8, 4) is 5.75 Å². The fourth-order valence-corrected chi connectivity index (χ4v) is 4.25. The van der Waals surface area contributed by atoms with E-state index < -0.39 is 10.8 Å². The highest BCUT2D eigenvalue weighted by Gasteiger charge is 2.23. The minimum Gasteiger partial charge on any atom is -0.497 e. The van der Waals surface area contributed by atoms with Gasteiger partial charge in [-0.1, -0.05) is 19.1 Å². The Labute approximate surface area is 129 Å². The zero-order valence-electron chi connectivity index (χ0n) is 12.8. The van der Waals surface area contributed by atoms with Gasteiger partial charge in [0.25, 0.3) is 0 Å². The lowest BCUT2D eigenvalue weighted by atomic mass is 10.1. The molecule has 1 aliphatic heterocycles. The van der Waals surface area contributed by atoms with Gasteiger partial charge >= 0.3 is 0 Å². The number of hydrogen-bond acceptors (Lipinski definition) is 4. The molecule has 1 saturated heterocycles. The Morgan fingerprint density at radius 3 is 2.86 bits per heavy atom. The van der Waals surface area contributed by atoms with E-state index in [9.17, 15) is 4.21 Å². The molecule has 0 spiro atoms. The van der Waals surface area contributed by atoms with Crippen LogP contribution in [0.25, 0.3) is 0 Å². The van der Waals surface area contributed by atoms with Gasteiger partial charge in [0.2, 0.25) is 0 Å². The first-order valence-electron chi connectivity index (χ1n) is 7.56. The van der Waals surface area contributed by atoms with Crippen LogP contribution in [0.1, 0.15) is 31.4 Å². The second-order valence-corrected chi connectivity index (χ2v) is 7.01. The minimum absolute atomic E-state index is 0.105. The molecule has 1 aromatic rings. The molecule has 0 saturated carbocycles. The number of benzene rings is 1. The standard InChI is InChI=1S/C16H25NO3S/c1-3-17-16(13-5-4-6-14(11-13)19-2)12-21(18)15-7-9-20-10-8-15/h4-6,11,15-17H,3,7-10,12H2,1-2H3. The van der Waals surface area contributed by atoms with Crippen molar-refractivity contribution in [3.05, 3.63) is 29.8 Å². The Morgan fingerprint density at radius 2 is 2.19 bits per heavy atom. The van der Waals surface area contributed by atoms with Gasteiger partial charge in [0.05, 0.1) is 7.11 Å². The molecule has 0 aliphatic carbocycles. The molecule has 2 unspecified atom stereocenters. The monoisotopic (exact) mass is 311 g/mol. The van der Waals surface area contributed by atoms with Crippen LogP contribution in [0, 0.1) is 0 Å². The smallest absolute Gasteiger partial charge is 0.119 e. The van der Waals surface area contributed by atoms with E-state index in [0.29, 0.717) is 5.75 Å². The lowest BCUT2D eigenvalue weighted by molar-refractivity contribution is 0.0992. The number of methoxy groups -OCH3 is 1. The Morgan fingerprint density at radius 1 is 1.43 bits per heavy atom. The molecule has 4 nitrogen and oxygen atoms in total. The largest absolute Gasteiger partial charge is 0.497 e. The summed E-state index contributed by atoms with van der Waals surface area (Å²) in [4.78, 5) is 0. The Bertz CT molecular complexity index is 461. The van der Waals surface area contributed by atoms with Crippen molar-refractivity contribution in [3.63, 3.8) is 0 Å². The van der Waals surface area contributed by atoms with Gasteiger partial charge in [-0.25, -0.2) is 0 Å². The van der Waals surface area contributed by atoms with Crippen LogP contribution >= 0.6 is 0 Å². The van der Waals surface area contributed by atoms with E-state index in [4.69, 9.17) is 9.47 Å². The van der Waals surface area contributed by atoms with Crippen LogP contribution in [0.3, 0.4) is 0 Å². The minimum atomic E-state index is -0.830. The van der Waals surface area contributed by atoms with Crippen molar-refractivity contribution in [2.24, 2.45) is 0 Å². The number of rotatable bonds is 7. The van der Waals surface area contributed by atoms with Crippen molar-refractivity contribution in [2.75, 3.05) is 32.6 Å². The SMILES string of the molecule is CCNC(CS(=O)C1CCOCC1)c1cccc(OC)c1. The average molecular weight is 311 g/mol. The molecule has 2 atom stereocenters. The maximum Gasteiger partial charge on any atom is 0.119 e. The number of nitrogens with one attached hydrogen (secondary N) is 1. The van der Waals surface area contributed by atoms with Crippen molar-refractivity contribution < 1.29 is 13.7 Å². The van der Waals surface area contributed by atoms with Gasteiger partial charge in [0.15, 0.2) is 0 Å². The number of hydrogen-bond donors (Lipinski definition) is 1. The van der Waals surface area contributed by atoms with Crippen molar-refractivity contribution in [1.82, 2.24) is 5.32 Å². The summed E-state index contributed by atoms with van der Waals surface area (Å²) in [7, 11) is 0.838. The molecule has 0 radical (unpaired) electrons. The van der Waals surface area contributed by atoms with Gasteiger partial charge in [-0.2, -0.15) is 0 Å². The summed E-state index contributed by atoms with van der Waals surface area (Å²) in [6, 6.07) is 8.11. The summed E-state index contributed by atoms with van der Waals surface area (Å²) in [5.41, 5.74) is 1.14. The first-order chi connectivity index (χ1) is 10.2. The van der Waals surface area contributed by atoms with E-state index in [-0.39, 0.29) is 11.3 Å². The van der Waals surface area contributed by atoms with E-state index in [1.165, 1.54) is 0 Å². The lowest BCUT2D eigenvalue weighted by Gasteiger charge is -2.25. The molecule has 1 aliphatic rings. The van der Waals surface area contributed by atoms with Crippen molar-refractivity contribution >= 4 is 10.8 Å². The summed E-state index contributed by atoms with van der Waals surface area (Å²) >= 11 is 0. The first kappa shape index (κ1) is 16.5. The molecule has 1 N–H and O–H groups in total. The van der Waals surface area contributed by atoms with Crippen LogP contribution in [0.5, 0.6) is 5.75 Å². The molecule has 0 aromatic heterocycles. The van der Waals surface area contributed by atoms with Crippen molar-refractivity contribution in [2.45, 2.75) is 31.1 Å². The third kappa shape index (κ3) is 4.80. The average Bonchev–Trinajstić information content (AvgIpc) is 2.55. The van der Waals surface area contributed by atoms with Crippen LogP contribution in [-0.4, -0.2) is 42.1 Å². The number of ether oxygens (including phenoxy) is 2. The van der Waals surface area contributed by atoms with Crippen LogP contribution < -0.4 is 10.1 Å². The molecule has 1 fully saturated rings. The third-order valence-corrected chi connectivity index (χ3v) is 5.69. The molecule has 21 heavy (non-hydrogen) atoms. The highest BCUT2D eigenvalue weighted by atomic mass is 32.2. The van der Waals surface area contributed by atoms with Gasteiger partial charge < -0.3 is 14.8 Å². The van der Waals surface area contributed by atoms with Crippen LogP contribution in [-0.2, 0) is 15.5 Å². The highest BCUT2D eigenvalue weighted by molar-refractivity contribution is 7.85. The van der Waals surface area contributed by atoms with Gasteiger partial charge in [0.1, 0.15) is 5.75 Å². The predicted octanol–water partition coefficient (Wildman–Crippen LogP) is 2.27. The highest BCUT2D eigenvalue weighted by Crippen LogP contribution is 2.22. The summed E-state index contributed by atoms with van der Waals surface area (Å²) in [6.45, 7) is 4.40. The summed E-state index contributed by atoms with van der Waals surface area (Å²) in [6.07, 6.45) is 1.81. The molecule has 1 aromatic carbocycles. The molecule has 2 rings (SSSR count). The van der Waals surface area contributed by atoms with Gasteiger partial charge in [0, 0.05) is 41.1 Å². The third-order valence-electron chi connectivity index (χ3n) is 3.82. The molecule has 0 bridgehead atoms. The maximum atomic E-state index is 12.6. The normalized spacial score (nSPS) is 19.1. The predicted molar refractivity (Wildman–Crippen MR) is 86.3 cm³/mol. The maximum absolute atomic E-state index is 12.6. The van der Waals surface area contributed by atoms with Gasteiger partial charge in [-0.05, 0) is 37.1 Å². The van der Waals surface area contributed by atoms with E-state index in [2.05, 4.69) is 18.3 Å². The topological polar surface area (TPSA) is 47.6 Å². The van der Waals surface area contributed by atoms with E-state index >= 15 is 0 Å². The van der Waals surface area contributed by atoms with E-state index in [1.54, 1.807) is 7.11 Å². The Hall–Kier alpha value is -0.910. The van der Waals surface area contributed by atoms with Crippen LogP contribution in [0.15, 0.2) is 24.3 Å². The fraction of sp³-hybridized carbons (Fsp3) is 0.625. The summed E-state index contributed by atoms with van der Waals surface area (Å²) in [5, 5.41) is 3.71. The molecule has 1 heterocycles. The van der Waals surface area contributed by atoms with Crippen LogP contribution in [0.2, 0.25) is 0 Å². The van der Waals surface area contributed by atoms with Crippen LogP contribution in [0.4, 0.5) is 0 Å². The van der Waals surface area contributed by atoms with Crippen molar-refractivity contribution in [1.29, 1.82) is 0 Å². The fourth-order valence-electron chi connectivity index (χ4n) is 2.62. The molecular weight excluding hydrogens is 286 g/mol. The molecule has 0 amide bonds. The quantitative estimate of drug-likeness (QED) is 0.839. The lowest BCUT2D eigenvalue weighted by Crippen LogP contribution is -2.32. The molecular formula is C16H25NO3S. The van der Waals surface area contributed by atoms with Gasteiger partial charge in [-0.15, -0.1) is 0 Å². The van der Waals surface area contributed by atoms with Gasteiger partial charge in [-0.3, -0.25) is 4.21 Å². The zero-order chi connectivity index (χ0) is 15.1. The Kier molecular flexibility index (Phi) is 6.67. The zero-order valence-corrected chi connectivity index (χ0v) is 13.7. The van der Waals surface area contributed by atoms with E-state index in [1.807, 2.05) is 18.2 Å². The molecule has 118 valence electrons. The Balaban J connectivity index is 2.05. The summed E-state index contributed by atoms with van der Waals surface area (Å²) in [5.74, 6) is 1.48. The summed E-state index contributed by atoms with van der Waals surface area (Å²) < 4.78 is 23.2. The molecule has 5 heteroatoms. The second kappa shape index (κ2) is 8.51. The van der Waals surface area contributed by atoms with E-state index in [0.717, 1.165) is 43.9 Å². The first-order valence-corrected chi connectivity index (χ1v) is 8.95. The second-order valence-electron chi connectivity index (χ2n) is 5.25.